The number of nitrogens with zero attached hydrogens (tertiary/aromatic N) is 3. The smallest absolute Gasteiger partial charge is 0.335 e. The number of aryl methyl sites for hydroxylation is 1. The molecule has 0 radical (unpaired) electrons. The number of carboxylic acids is 1. The van der Waals surface area contributed by atoms with Gasteiger partial charge in [0.2, 0.25) is 0 Å². The molecular weight excluding hydrogens is 510 g/mol. The van der Waals surface area contributed by atoms with Gasteiger partial charge >= 0.3 is 5.97 Å². The molecule has 0 spiro atoms. The first-order valence-electron chi connectivity index (χ1n) is 15.5. The SMILES string of the molecule is C.COCC[C@H]1CCCN(CCN2CCn3c(c(C4CCCCC4)c4ccc(C(=O)O)cc43)-c3ccc(C)cc32)C1. The van der Waals surface area contributed by atoms with Gasteiger partial charge in [-0.1, -0.05) is 44.9 Å². The third-order valence-electron chi connectivity index (χ3n) is 9.73. The van der Waals surface area contributed by atoms with Gasteiger partial charge in [-0.3, -0.25) is 0 Å². The molecule has 41 heavy (non-hydrogen) atoms. The molecule has 0 unspecified atom stereocenters. The first-order chi connectivity index (χ1) is 19.5. The molecule has 2 aromatic carbocycles. The molecule has 6 rings (SSSR count). The normalized spacial score (nSPS) is 19.9. The Labute approximate surface area is 246 Å². The summed E-state index contributed by atoms with van der Waals surface area (Å²) in [6.07, 6.45) is 10.1. The zero-order valence-electron chi connectivity index (χ0n) is 24.3. The highest BCUT2D eigenvalue weighted by atomic mass is 16.5. The Morgan fingerprint density at radius 2 is 1.80 bits per heavy atom. The number of piperidine rings is 1. The van der Waals surface area contributed by atoms with E-state index in [1.807, 2.05) is 6.07 Å². The molecule has 1 atom stereocenters. The van der Waals surface area contributed by atoms with Crippen LogP contribution < -0.4 is 4.90 Å². The van der Waals surface area contributed by atoms with Crippen molar-refractivity contribution in [1.82, 2.24) is 9.47 Å². The van der Waals surface area contributed by atoms with Gasteiger partial charge in [0.05, 0.1) is 11.3 Å². The van der Waals surface area contributed by atoms with Gasteiger partial charge in [-0.05, 0) is 86.7 Å². The van der Waals surface area contributed by atoms with Crippen molar-refractivity contribution in [3.63, 3.8) is 0 Å². The second-order valence-corrected chi connectivity index (χ2v) is 12.4. The Hall–Kier alpha value is -2.83. The minimum atomic E-state index is -0.853. The molecule has 3 aromatic rings. The first-order valence-corrected chi connectivity index (χ1v) is 15.5. The lowest BCUT2D eigenvalue weighted by Gasteiger charge is -2.35. The number of aromatic carboxylic acids is 1. The Bertz CT molecular complexity index is 1360. The van der Waals surface area contributed by atoms with E-state index in [1.165, 1.54) is 91.5 Å². The van der Waals surface area contributed by atoms with Gasteiger partial charge in [-0.2, -0.15) is 0 Å². The van der Waals surface area contributed by atoms with Gasteiger partial charge in [-0.25, -0.2) is 4.79 Å². The fourth-order valence-electron chi connectivity index (χ4n) is 7.65. The fourth-order valence-corrected chi connectivity index (χ4v) is 7.65. The zero-order chi connectivity index (χ0) is 27.6. The predicted molar refractivity (Wildman–Crippen MR) is 169 cm³/mol. The number of rotatable bonds is 8. The number of ether oxygens (including phenoxy) is 1. The third-order valence-corrected chi connectivity index (χ3v) is 9.73. The second kappa shape index (κ2) is 13.0. The van der Waals surface area contributed by atoms with E-state index in [-0.39, 0.29) is 7.43 Å². The molecule has 2 fully saturated rings. The van der Waals surface area contributed by atoms with Crippen molar-refractivity contribution >= 4 is 22.6 Å². The van der Waals surface area contributed by atoms with E-state index in [2.05, 4.69) is 45.6 Å². The van der Waals surface area contributed by atoms with Crippen molar-refractivity contribution < 1.29 is 14.6 Å². The maximum atomic E-state index is 12.0. The second-order valence-electron chi connectivity index (χ2n) is 12.4. The van der Waals surface area contributed by atoms with Gasteiger partial charge in [0.1, 0.15) is 0 Å². The first kappa shape index (κ1) is 29.7. The van der Waals surface area contributed by atoms with Crippen molar-refractivity contribution in [2.45, 2.75) is 78.2 Å². The Morgan fingerprint density at radius 1 is 0.976 bits per heavy atom. The molecule has 6 nitrogen and oxygen atoms in total. The molecule has 1 aromatic heterocycles. The standard InChI is InChI=1S/C34H45N3O3.CH4/c1-24-10-12-29-30(21-24)36(17-16-35-15-6-7-25(23-35)14-20-40-2)18-19-37-31-22-27(34(38)39)11-13-28(31)32(33(29)37)26-8-4-3-5-9-26;/h10-13,21-22,25-26H,3-9,14-20,23H2,1-2H3,(H,38,39);1H4/t25-;/m1./s1. The van der Waals surface area contributed by atoms with Crippen LogP contribution in [0.1, 0.15) is 86.2 Å². The quantitative estimate of drug-likeness (QED) is 0.309. The van der Waals surface area contributed by atoms with Crippen molar-refractivity contribution in [3.05, 3.63) is 53.1 Å². The number of methoxy groups -OCH3 is 1. The molecule has 2 aliphatic heterocycles. The summed E-state index contributed by atoms with van der Waals surface area (Å²) in [5.41, 5.74) is 8.19. The molecule has 1 saturated heterocycles. The highest BCUT2D eigenvalue weighted by Gasteiger charge is 2.31. The summed E-state index contributed by atoms with van der Waals surface area (Å²) in [5, 5.41) is 11.1. The van der Waals surface area contributed by atoms with E-state index >= 15 is 0 Å². The topological polar surface area (TPSA) is 57.9 Å². The summed E-state index contributed by atoms with van der Waals surface area (Å²) < 4.78 is 7.82. The number of aromatic nitrogens is 1. The minimum Gasteiger partial charge on any atom is -0.478 e. The monoisotopic (exact) mass is 559 g/mol. The largest absolute Gasteiger partial charge is 0.478 e. The molecule has 222 valence electrons. The number of carboxylic acid groups (broad SMARTS) is 1. The lowest BCUT2D eigenvalue weighted by molar-refractivity contribution is 0.0697. The summed E-state index contributed by atoms with van der Waals surface area (Å²) in [5.74, 6) is 0.413. The highest BCUT2D eigenvalue weighted by molar-refractivity contribution is 5.99. The lowest BCUT2D eigenvalue weighted by Crippen LogP contribution is -2.41. The summed E-state index contributed by atoms with van der Waals surface area (Å²) in [4.78, 5) is 17.2. The van der Waals surface area contributed by atoms with Crippen molar-refractivity contribution in [2.75, 3.05) is 51.3 Å². The Balaban J connectivity index is 0.00000337. The maximum absolute atomic E-state index is 12.0. The number of hydrogen-bond acceptors (Lipinski definition) is 4. The van der Waals surface area contributed by atoms with Crippen LogP contribution in [-0.2, 0) is 11.3 Å². The van der Waals surface area contributed by atoms with E-state index in [0.29, 0.717) is 11.5 Å². The third kappa shape index (κ3) is 6.05. The highest BCUT2D eigenvalue weighted by Crippen LogP contribution is 2.47. The predicted octanol–water partition coefficient (Wildman–Crippen LogP) is 7.57. The van der Waals surface area contributed by atoms with Gasteiger partial charge in [-0.15, -0.1) is 0 Å². The number of likely N-dealkylation sites (tertiary alicyclic amines) is 1. The molecule has 1 aliphatic carbocycles. The van der Waals surface area contributed by atoms with Crippen molar-refractivity contribution in [2.24, 2.45) is 5.92 Å². The molecule has 3 heterocycles. The van der Waals surface area contributed by atoms with Crippen LogP contribution in [0.5, 0.6) is 0 Å². The average Bonchev–Trinajstić information content (AvgIpc) is 3.21. The molecule has 3 aliphatic rings. The van der Waals surface area contributed by atoms with Crippen LogP contribution in [0.25, 0.3) is 22.2 Å². The van der Waals surface area contributed by atoms with Gasteiger partial charge < -0.3 is 24.2 Å². The van der Waals surface area contributed by atoms with Crippen LogP contribution in [0.2, 0.25) is 0 Å². The molecule has 1 N–H and O–H groups in total. The van der Waals surface area contributed by atoms with Crippen LogP contribution in [0.3, 0.4) is 0 Å². The van der Waals surface area contributed by atoms with E-state index in [4.69, 9.17) is 4.74 Å². The van der Waals surface area contributed by atoms with E-state index < -0.39 is 5.97 Å². The van der Waals surface area contributed by atoms with Crippen LogP contribution in [0.15, 0.2) is 36.4 Å². The Morgan fingerprint density at radius 3 is 2.59 bits per heavy atom. The number of carbonyl (C=O) groups is 1. The fraction of sp³-hybridized carbons (Fsp3) is 0.571. The van der Waals surface area contributed by atoms with Crippen molar-refractivity contribution in [1.29, 1.82) is 0 Å². The summed E-state index contributed by atoms with van der Waals surface area (Å²) in [7, 11) is 1.81. The number of benzene rings is 2. The molecule has 1 saturated carbocycles. The van der Waals surface area contributed by atoms with Crippen LogP contribution in [-0.4, -0.2) is 67.0 Å². The molecule has 0 amide bonds. The van der Waals surface area contributed by atoms with Gasteiger partial charge in [0.25, 0.3) is 0 Å². The average molecular weight is 560 g/mol. The molecular formula is C35H49N3O3. The van der Waals surface area contributed by atoms with Crippen LogP contribution >= 0.6 is 0 Å². The lowest BCUT2D eigenvalue weighted by atomic mass is 9.81. The zero-order valence-corrected chi connectivity index (χ0v) is 24.3. The van der Waals surface area contributed by atoms with E-state index in [9.17, 15) is 9.90 Å². The minimum absolute atomic E-state index is 0. The van der Waals surface area contributed by atoms with Gasteiger partial charge in [0, 0.05) is 68.6 Å². The number of fused-ring (bicyclic) bond motifs is 5. The van der Waals surface area contributed by atoms with Gasteiger partial charge in [0.15, 0.2) is 0 Å². The van der Waals surface area contributed by atoms with Crippen molar-refractivity contribution in [3.8, 4) is 11.3 Å². The number of anilines is 1. The number of hydrogen-bond donors (Lipinski definition) is 1. The van der Waals surface area contributed by atoms with E-state index in [0.717, 1.165) is 50.6 Å². The summed E-state index contributed by atoms with van der Waals surface area (Å²) in [6.45, 7) is 9.29. The molecule has 6 heteroatoms. The summed E-state index contributed by atoms with van der Waals surface area (Å²) in [6, 6.07) is 12.8. The summed E-state index contributed by atoms with van der Waals surface area (Å²) >= 11 is 0. The maximum Gasteiger partial charge on any atom is 0.335 e. The van der Waals surface area contributed by atoms with Crippen LogP contribution in [0.4, 0.5) is 5.69 Å². The van der Waals surface area contributed by atoms with E-state index in [1.54, 1.807) is 13.2 Å². The van der Waals surface area contributed by atoms with Crippen LogP contribution in [0, 0.1) is 12.8 Å². The molecule has 0 bridgehead atoms. The Kier molecular flexibility index (Phi) is 9.40.